The standard InChI is InChI=1S/C14H21N3/c1-4-5-6-7-8-13-10-17-12(3)9-11(2)15-14(17)16-13/h9-10H,4-8H2,1-3H3. The van der Waals surface area contributed by atoms with Gasteiger partial charge < -0.3 is 0 Å². The normalized spacial score (nSPS) is 11.2. The number of aryl methyl sites for hydroxylation is 3. The van der Waals surface area contributed by atoms with Crippen molar-refractivity contribution < 1.29 is 0 Å². The highest BCUT2D eigenvalue weighted by molar-refractivity contribution is 5.34. The molecule has 17 heavy (non-hydrogen) atoms. The maximum atomic E-state index is 4.58. The summed E-state index contributed by atoms with van der Waals surface area (Å²) >= 11 is 0. The molecule has 0 N–H and O–H groups in total. The fourth-order valence-electron chi connectivity index (χ4n) is 2.17. The smallest absolute Gasteiger partial charge is 0.234 e. The fourth-order valence-corrected chi connectivity index (χ4v) is 2.17. The summed E-state index contributed by atoms with van der Waals surface area (Å²) < 4.78 is 2.09. The van der Waals surface area contributed by atoms with Gasteiger partial charge in [-0.2, -0.15) is 0 Å². The van der Waals surface area contributed by atoms with Crippen LogP contribution in [-0.2, 0) is 6.42 Å². The predicted molar refractivity (Wildman–Crippen MR) is 70.3 cm³/mol. The highest BCUT2D eigenvalue weighted by Gasteiger charge is 2.05. The summed E-state index contributed by atoms with van der Waals surface area (Å²) in [7, 11) is 0. The first-order chi connectivity index (χ1) is 8.20. The van der Waals surface area contributed by atoms with E-state index in [1.54, 1.807) is 0 Å². The monoisotopic (exact) mass is 231 g/mol. The molecule has 2 aromatic heterocycles. The Morgan fingerprint density at radius 3 is 2.71 bits per heavy atom. The highest BCUT2D eigenvalue weighted by atomic mass is 15.1. The molecule has 2 aromatic rings. The third-order valence-corrected chi connectivity index (χ3v) is 3.10. The summed E-state index contributed by atoms with van der Waals surface area (Å²) in [5.74, 6) is 0.841. The average Bonchev–Trinajstić information content (AvgIpc) is 2.67. The first-order valence-corrected chi connectivity index (χ1v) is 6.53. The van der Waals surface area contributed by atoms with Crippen molar-refractivity contribution in [1.29, 1.82) is 0 Å². The van der Waals surface area contributed by atoms with E-state index in [9.17, 15) is 0 Å². The predicted octanol–water partition coefficient (Wildman–Crippen LogP) is 3.47. The van der Waals surface area contributed by atoms with E-state index in [2.05, 4.69) is 40.5 Å². The van der Waals surface area contributed by atoms with Gasteiger partial charge in [0.1, 0.15) is 0 Å². The molecule has 0 spiro atoms. The second kappa shape index (κ2) is 5.30. The Morgan fingerprint density at radius 2 is 1.94 bits per heavy atom. The van der Waals surface area contributed by atoms with Crippen LogP contribution in [0.5, 0.6) is 0 Å². The van der Waals surface area contributed by atoms with Crippen molar-refractivity contribution in [2.24, 2.45) is 0 Å². The second-order valence-electron chi connectivity index (χ2n) is 4.75. The maximum Gasteiger partial charge on any atom is 0.234 e. The molecule has 0 saturated heterocycles. The van der Waals surface area contributed by atoms with E-state index in [-0.39, 0.29) is 0 Å². The zero-order valence-electron chi connectivity index (χ0n) is 11.0. The van der Waals surface area contributed by atoms with Gasteiger partial charge in [0, 0.05) is 17.6 Å². The molecule has 3 heteroatoms. The van der Waals surface area contributed by atoms with Gasteiger partial charge in [-0.25, -0.2) is 9.97 Å². The van der Waals surface area contributed by atoms with E-state index in [1.165, 1.54) is 37.1 Å². The minimum absolute atomic E-state index is 0.841. The van der Waals surface area contributed by atoms with Crippen LogP contribution in [0.15, 0.2) is 12.3 Å². The number of aromatic nitrogens is 3. The Balaban J connectivity index is 2.12. The molecule has 0 aliphatic carbocycles. The molecule has 0 aliphatic rings. The van der Waals surface area contributed by atoms with Gasteiger partial charge in [-0.1, -0.05) is 26.2 Å². The Hall–Kier alpha value is -1.38. The lowest BCUT2D eigenvalue weighted by Gasteiger charge is -1.98. The van der Waals surface area contributed by atoms with Crippen LogP contribution in [0, 0.1) is 13.8 Å². The Kier molecular flexibility index (Phi) is 3.77. The van der Waals surface area contributed by atoms with Crippen molar-refractivity contribution in [3.63, 3.8) is 0 Å². The molecule has 0 unspecified atom stereocenters. The van der Waals surface area contributed by atoms with Gasteiger partial charge in [0.2, 0.25) is 5.78 Å². The third-order valence-electron chi connectivity index (χ3n) is 3.10. The topological polar surface area (TPSA) is 30.2 Å². The summed E-state index contributed by atoms with van der Waals surface area (Å²) in [6.45, 7) is 6.35. The number of fused-ring (bicyclic) bond motifs is 1. The van der Waals surface area contributed by atoms with Crippen molar-refractivity contribution in [3.8, 4) is 0 Å². The van der Waals surface area contributed by atoms with E-state index in [1.807, 2.05) is 6.92 Å². The quantitative estimate of drug-likeness (QED) is 0.738. The van der Waals surface area contributed by atoms with E-state index in [4.69, 9.17) is 0 Å². The van der Waals surface area contributed by atoms with Crippen LogP contribution in [0.1, 0.15) is 49.7 Å². The summed E-state index contributed by atoms with van der Waals surface area (Å²) in [5, 5.41) is 0. The van der Waals surface area contributed by atoms with E-state index in [0.717, 1.165) is 17.9 Å². The third kappa shape index (κ3) is 2.84. The van der Waals surface area contributed by atoms with Crippen LogP contribution in [0.4, 0.5) is 0 Å². The summed E-state index contributed by atoms with van der Waals surface area (Å²) in [5.41, 5.74) is 3.42. The van der Waals surface area contributed by atoms with Gasteiger partial charge in [-0.05, 0) is 32.8 Å². The van der Waals surface area contributed by atoms with Gasteiger partial charge in [0.05, 0.1) is 5.69 Å². The SMILES string of the molecule is CCCCCCc1cn2c(C)cc(C)nc2n1. The molecule has 0 aliphatic heterocycles. The molecule has 2 heterocycles. The minimum Gasteiger partial charge on any atom is -0.288 e. The first-order valence-electron chi connectivity index (χ1n) is 6.53. The lowest BCUT2D eigenvalue weighted by atomic mass is 10.1. The maximum absolute atomic E-state index is 4.58. The van der Waals surface area contributed by atoms with Gasteiger partial charge >= 0.3 is 0 Å². The number of rotatable bonds is 5. The van der Waals surface area contributed by atoms with Gasteiger partial charge in [-0.3, -0.25) is 4.40 Å². The number of hydrogen-bond donors (Lipinski definition) is 0. The van der Waals surface area contributed by atoms with E-state index < -0.39 is 0 Å². The molecule has 0 bridgehead atoms. The van der Waals surface area contributed by atoms with Crippen molar-refractivity contribution in [2.45, 2.75) is 52.9 Å². The fraction of sp³-hybridized carbons (Fsp3) is 0.571. The molecule has 3 nitrogen and oxygen atoms in total. The Bertz CT molecular complexity index is 499. The van der Waals surface area contributed by atoms with Crippen molar-refractivity contribution >= 4 is 5.78 Å². The van der Waals surface area contributed by atoms with Crippen LogP contribution in [0.25, 0.3) is 5.78 Å². The molecular weight excluding hydrogens is 210 g/mol. The number of unbranched alkanes of at least 4 members (excludes halogenated alkanes) is 3. The van der Waals surface area contributed by atoms with Crippen LogP contribution in [-0.4, -0.2) is 14.4 Å². The molecule has 0 fully saturated rings. The minimum atomic E-state index is 0.841. The zero-order chi connectivity index (χ0) is 12.3. The first kappa shape index (κ1) is 12.1. The van der Waals surface area contributed by atoms with Crippen LogP contribution in [0.2, 0.25) is 0 Å². The summed E-state index contributed by atoms with van der Waals surface area (Å²) in [4.78, 5) is 9.04. The summed E-state index contributed by atoms with van der Waals surface area (Å²) in [6.07, 6.45) is 8.34. The molecule has 0 atom stereocenters. The molecule has 0 saturated carbocycles. The Labute approximate surface area is 103 Å². The number of nitrogens with zero attached hydrogens (tertiary/aromatic N) is 3. The van der Waals surface area contributed by atoms with Gasteiger partial charge in [0.15, 0.2) is 0 Å². The van der Waals surface area contributed by atoms with Gasteiger partial charge in [0.25, 0.3) is 0 Å². The second-order valence-corrected chi connectivity index (χ2v) is 4.75. The van der Waals surface area contributed by atoms with E-state index >= 15 is 0 Å². The number of imidazole rings is 1. The highest BCUT2D eigenvalue weighted by Crippen LogP contribution is 2.11. The van der Waals surface area contributed by atoms with E-state index in [0.29, 0.717) is 0 Å². The van der Waals surface area contributed by atoms with Gasteiger partial charge in [-0.15, -0.1) is 0 Å². The van der Waals surface area contributed by atoms with Crippen molar-refractivity contribution in [2.75, 3.05) is 0 Å². The van der Waals surface area contributed by atoms with Crippen LogP contribution >= 0.6 is 0 Å². The molecule has 2 rings (SSSR count). The molecule has 0 amide bonds. The summed E-state index contributed by atoms with van der Waals surface area (Å²) in [6, 6.07) is 2.09. The molecule has 0 aromatic carbocycles. The lowest BCUT2D eigenvalue weighted by Crippen LogP contribution is -1.94. The number of hydrogen-bond acceptors (Lipinski definition) is 2. The van der Waals surface area contributed by atoms with Crippen LogP contribution in [0.3, 0.4) is 0 Å². The molecule has 0 radical (unpaired) electrons. The zero-order valence-corrected chi connectivity index (χ0v) is 11.0. The molecular formula is C14H21N3. The van der Waals surface area contributed by atoms with Crippen LogP contribution < -0.4 is 0 Å². The average molecular weight is 231 g/mol. The lowest BCUT2D eigenvalue weighted by molar-refractivity contribution is 0.662. The Morgan fingerprint density at radius 1 is 1.12 bits per heavy atom. The molecule has 92 valence electrons. The largest absolute Gasteiger partial charge is 0.288 e. The van der Waals surface area contributed by atoms with Crippen molar-refractivity contribution in [3.05, 3.63) is 29.3 Å². The van der Waals surface area contributed by atoms with Crippen molar-refractivity contribution in [1.82, 2.24) is 14.4 Å².